The molecule has 1 heterocycles. The average molecular weight is 235 g/mol. The van der Waals surface area contributed by atoms with E-state index in [4.69, 9.17) is 4.74 Å². The minimum Gasteiger partial charge on any atom is -0.478 e. The summed E-state index contributed by atoms with van der Waals surface area (Å²) in [5, 5.41) is 3.28. The minimum atomic E-state index is 0.637. The van der Waals surface area contributed by atoms with Gasteiger partial charge in [-0.05, 0) is 26.2 Å². The molecule has 4 nitrogen and oxygen atoms in total. The number of aromatic nitrogens is 2. The zero-order valence-corrected chi connectivity index (χ0v) is 10.7. The third-order valence-electron chi connectivity index (χ3n) is 3.18. The standard InChI is InChI=1S/C13H21N3O/c1-3-17-12-9-10(2)15-13(16-12)14-8-7-11-5-4-6-11/h9,11H,3-8H2,1-2H3,(H,14,15,16). The van der Waals surface area contributed by atoms with Crippen LogP contribution in [0.1, 0.15) is 38.3 Å². The Morgan fingerprint density at radius 3 is 2.88 bits per heavy atom. The van der Waals surface area contributed by atoms with Crippen LogP contribution in [0.5, 0.6) is 5.88 Å². The molecule has 1 N–H and O–H groups in total. The molecular formula is C13H21N3O. The molecule has 0 spiro atoms. The highest BCUT2D eigenvalue weighted by Crippen LogP contribution is 2.29. The van der Waals surface area contributed by atoms with Gasteiger partial charge in [0.25, 0.3) is 0 Å². The van der Waals surface area contributed by atoms with Crippen molar-refractivity contribution in [3.63, 3.8) is 0 Å². The SMILES string of the molecule is CCOc1cc(C)nc(NCCC2CCC2)n1. The summed E-state index contributed by atoms with van der Waals surface area (Å²) in [6, 6.07) is 1.86. The normalized spacial score (nSPS) is 15.4. The van der Waals surface area contributed by atoms with Gasteiger partial charge in [-0.2, -0.15) is 4.98 Å². The number of nitrogens with zero attached hydrogens (tertiary/aromatic N) is 2. The molecule has 1 aromatic rings. The molecule has 0 bridgehead atoms. The number of hydrogen-bond donors (Lipinski definition) is 1. The van der Waals surface area contributed by atoms with Crippen molar-refractivity contribution >= 4 is 5.95 Å². The van der Waals surface area contributed by atoms with Crippen molar-refractivity contribution in [3.05, 3.63) is 11.8 Å². The van der Waals surface area contributed by atoms with E-state index in [0.29, 0.717) is 18.4 Å². The van der Waals surface area contributed by atoms with Gasteiger partial charge in [0.15, 0.2) is 0 Å². The van der Waals surface area contributed by atoms with E-state index in [1.165, 1.54) is 25.7 Å². The van der Waals surface area contributed by atoms with E-state index in [1.54, 1.807) is 0 Å². The number of ether oxygens (including phenoxy) is 1. The van der Waals surface area contributed by atoms with Crippen LogP contribution < -0.4 is 10.1 Å². The van der Waals surface area contributed by atoms with E-state index in [9.17, 15) is 0 Å². The average Bonchev–Trinajstić information content (AvgIpc) is 2.21. The molecule has 17 heavy (non-hydrogen) atoms. The van der Waals surface area contributed by atoms with Gasteiger partial charge in [-0.25, -0.2) is 4.98 Å². The van der Waals surface area contributed by atoms with Gasteiger partial charge in [0.05, 0.1) is 6.61 Å². The summed E-state index contributed by atoms with van der Waals surface area (Å²) in [6.45, 7) is 5.51. The maximum Gasteiger partial charge on any atom is 0.226 e. The largest absolute Gasteiger partial charge is 0.478 e. The lowest BCUT2D eigenvalue weighted by molar-refractivity contribution is 0.302. The zero-order chi connectivity index (χ0) is 12.1. The molecule has 1 aliphatic rings. The second-order valence-corrected chi connectivity index (χ2v) is 4.62. The lowest BCUT2D eigenvalue weighted by Crippen LogP contribution is -2.16. The quantitative estimate of drug-likeness (QED) is 0.823. The minimum absolute atomic E-state index is 0.637. The number of aryl methyl sites for hydroxylation is 1. The Morgan fingerprint density at radius 2 is 2.24 bits per heavy atom. The Bertz CT molecular complexity index is 364. The van der Waals surface area contributed by atoms with Crippen LogP contribution >= 0.6 is 0 Å². The smallest absolute Gasteiger partial charge is 0.226 e. The van der Waals surface area contributed by atoms with E-state index in [1.807, 2.05) is 19.9 Å². The predicted octanol–water partition coefficient (Wildman–Crippen LogP) is 2.79. The van der Waals surface area contributed by atoms with Crippen molar-refractivity contribution in [2.75, 3.05) is 18.5 Å². The van der Waals surface area contributed by atoms with E-state index in [-0.39, 0.29) is 0 Å². The second kappa shape index (κ2) is 5.84. The molecule has 0 radical (unpaired) electrons. The highest BCUT2D eigenvalue weighted by molar-refractivity contribution is 5.30. The summed E-state index contributed by atoms with van der Waals surface area (Å²) in [5.74, 6) is 2.26. The Balaban J connectivity index is 1.85. The predicted molar refractivity (Wildman–Crippen MR) is 68.4 cm³/mol. The third kappa shape index (κ3) is 3.58. The van der Waals surface area contributed by atoms with Gasteiger partial charge >= 0.3 is 0 Å². The third-order valence-corrected chi connectivity index (χ3v) is 3.18. The fourth-order valence-electron chi connectivity index (χ4n) is 2.01. The van der Waals surface area contributed by atoms with Crippen molar-refractivity contribution in [1.29, 1.82) is 0 Å². The highest BCUT2D eigenvalue weighted by atomic mass is 16.5. The van der Waals surface area contributed by atoms with Crippen LogP contribution in [0.4, 0.5) is 5.95 Å². The molecule has 0 atom stereocenters. The molecule has 2 rings (SSSR count). The van der Waals surface area contributed by atoms with Crippen LogP contribution in [-0.4, -0.2) is 23.1 Å². The number of rotatable bonds is 6. The molecule has 4 heteroatoms. The highest BCUT2D eigenvalue weighted by Gasteiger charge is 2.16. The fourth-order valence-corrected chi connectivity index (χ4v) is 2.01. The molecule has 0 aliphatic heterocycles. The Kier molecular flexibility index (Phi) is 4.18. The molecule has 1 saturated carbocycles. The van der Waals surface area contributed by atoms with E-state index >= 15 is 0 Å². The molecule has 0 unspecified atom stereocenters. The van der Waals surface area contributed by atoms with Crippen LogP contribution in [-0.2, 0) is 0 Å². The Labute approximate surface area is 103 Å². The van der Waals surface area contributed by atoms with Crippen molar-refractivity contribution < 1.29 is 4.74 Å². The van der Waals surface area contributed by atoms with Crippen molar-refractivity contribution in [3.8, 4) is 5.88 Å². The molecule has 0 saturated heterocycles. The number of nitrogens with one attached hydrogen (secondary N) is 1. The molecule has 0 amide bonds. The Morgan fingerprint density at radius 1 is 1.41 bits per heavy atom. The number of anilines is 1. The molecule has 0 aromatic carbocycles. The van der Waals surface area contributed by atoms with Crippen LogP contribution in [0.15, 0.2) is 6.07 Å². The number of hydrogen-bond acceptors (Lipinski definition) is 4. The van der Waals surface area contributed by atoms with Gasteiger partial charge in [-0.15, -0.1) is 0 Å². The lowest BCUT2D eigenvalue weighted by atomic mass is 9.83. The van der Waals surface area contributed by atoms with E-state index < -0.39 is 0 Å². The van der Waals surface area contributed by atoms with Gasteiger partial charge in [-0.1, -0.05) is 19.3 Å². The fraction of sp³-hybridized carbons (Fsp3) is 0.692. The first kappa shape index (κ1) is 12.1. The van der Waals surface area contributed by atoms with E-state index in [0.717, 1.165) is 18.2 Å². The molecule has 1 fully saturated rings. The topological polar surface area (TPSA) is 47.0 Å². The van der Waals surface area contributed by atoms with Crippen molar-refractivity contribution in [1.82, 2.24) is 9.97 Å². The summed E-state index contributed by atoms with van der Waals surface area (Å²) < 4.78 is 5.40. The van der Waals surface area contributed by atoms with Gasteiger partial charge < -0.3 is 10.1 Å². The maximum absolute atomic E-state index is 5.40. The summed E-state index contributed by atoms with van der Waals surface area (Å²) in [6.07, 6.45) is 5.41. The monoisotopic (exact) mass is 235 g/mol. The summed E-state index contributed by atoms with van der Waals surface area (Å²) >= 11 is 0. The van der Waals surface area contributed by atoms with E-state index in [2.05, 4.69) is 15.3 Å². The molecular weight excluding hydrogens is 214 g/mol. The van der Waals surface area contributed by atoms with Crippen LogP contribution in [0.3, 0.4) is 0 Å². The summed E-state index contributed by atoms with van der Waals surface area (Å²) in [4.78, 5) is 8.67. The van der Waals surface area contributed by atoms with Gasteiger partial charge in [0, 0.05) is 18.3 Å². The first-order chi connectivity index (χ1) is 8.28. The van der Waals surface area contributed by atoms with Crippen molar-refractivity contribution in [2.45, 2.75) is 39.5 Å². The summed E-state index contributed by atoms with van der Waals surface area (Å²) in [5.41, 5.74) is 0.939. The molecule has 1 aromatic heterocycles. The Hall–Kier alpha value is -1.32. The molecule has 1 aliphatic carbocycles. The van der Waals surface area contributed by atoms with Crippen molar-refractivity contribution in [2.24, 2.45) is 5.92 Å². The van der Waals surface area contributed by atoms with Crippen LogP contribution in [0.25, 0.3) is 0 Å². The van der Waals surface area contributed by atoms with Gasteiger partial charge in [0.2, 0.25) is 11.8 Å². The summed E-state index contributed by atoms with van der Waals surface area (Å²) in [7, 11) is 0. The molecule has 94 valence electrons. The zero-order valence-electron chi connectivity index (χ0n) is 10.7. The maximum atomic E-state index is 5.40. The first-order valence-corrected chi connectivity index (χ1v) is 6.50. The van der Waals surface area contributed by atoms with Crippen LogP contribution in [0.2, 0.25) is 0 Å². The first-order valence-electron chi connectivity index (χ1n) is 6.50. The van der Waals surface area contributed by atoms with Gasteiger partial charge in [-0.3, -0.25) is 0 Å². The van der Waals surface area contributed by atoms with Crippen LogP contribution in [0, 0.1) is 12.8 Å². The second-order valence-electron chi connectivity index (χ2n) is 4.62. The lowest BCUT2D eigenvalue weighted by Gasteiger charge is -2.25. The van der Waals surface area contributed by atoms with Gasteiger partial charge in [0.1, 0.15) is 0 Å².